The fraction of sp³-hybridized carbons (Fsp3) is 0.0714. The van der Waals surface area contributed by atoms with Crippen LogP contribution in [0.1, 0.15) is 5.56 Å². The molecule has 0 bridgehead atoms. The fourth-order valence-corrected chi connectivity index (χ4v) is 2.91. The van der Waals surface area contributed by atoms with Gasteiger partial charge < -0.3 is 10.7 Å². The number of benzene rings is 2. The molecule has 5 heteroatoms. The Balaban J connectivity index is 1.76. The summed E-state index contributed by atoms with van der Waals surface area (Å²) >= 11 is 5.12. The lowest BCUT2D eigenvalue weighted by atomic mass is 10.2. The maximum atomic E-state index is 5.75. The molecule has 0 saturated heterocycles. The number of aromatic amines is 1. The molecule has 96 valence electrons. The Labute approximate surface area is 123 Å². The smallest absolute Gasteiger partial charge is 0.166 e. The maximum absolute atomic E-state index is 5.75. The molecule has 3 rings (SSSR count). The van der Waals surface area contributed by atoms with Crippen molar-refractivity contribution in [3.05, 3.63) is 52.5 Å². The molecule has 0 fully saturated rings. The van der Waals surface area contributed by atoms with Crippen LogP contribution in [-0.4, -0.2) is 9.97 Å². The first kappa shape index (κ1) is 12.6. The third kappa shape index (κ3) is 2.93. The van der Waals surface area contributed by atoms with Crippen LogP contribution in [0.15, 0.2) is 52.1 Å². The van der Waals surface area contributed by atoms with Gasteiger partial charge in [0.2, 0.25) is 0 Å². The normalized spacial score (nSPS) is 11.0. The predicted octanol–water partition coefficient (Wildman–Crippen LogP) is 4.20. The van der Waals surface area contributed by atoms with Gasteiger partial charge in [-0.2, -0.15) is 0 Å². The van der Waals surface area contributed by atoms with Crippen LogP contribution in [0, 0.1) is 0 Å². The Bertz CT molecular complexity index is 706. The van der Waals surface area contributed by atoms with Crippen molar-refractivity contribution in [3.63, 3.8) is 0 Å². The number of imidazole rings is 1. The maximum Gasteiger partial charge on any atom is 0.166 e. The molecule has 1 aromatic heterocycles. The second-order valence-electron chi connectivity index (χ2n) is 4.23. The summed E-state index contributed by atoms with van der Waals surface area (Å²) < 4.78 is 1.10. The Morgan fingerprint density at radius 3 is 2.74 bits per heavy atom. The van der Waals surface area contributed by atoms with Gasteiger partial charge in [-0.25, -0.2) is 4.98 Å². The van der Waals surface area contributed by atoms with Crippen molar-refractivity contribution in [2.24, 2.45) is 0 Å². The van der Waals surface area contributed by atoms with E-state index in [0.717, 1.165) is 32.1 Å². The standard InChI is InChI=1S/C14H12BrN3S/c15-10-3-1-9(2-4-10)8-19-14-17-12-6-5-11(16)7-13(12)18-14/h1-7H,8,16H2,(H,17,18). The summed E-state index contributed by atoms with van der Waals surface area (Å²) in [4.78, 5) is 7.81. The highest BCUT2D eigenvalue weighted by Gasteiger charge is 2.04. The number of nitrogens with two attached hydrogens (primary N) is 1. The van der Waals surface area contributed by atoms with Crippen molar-refractivity contribution in [1.29, 1.82) is 0 Å². The van der Waals surface area contributed by atoms with Gasteiger partial charge in [-0.05, 0) is 35.9 Å². The van der Waals surface area contributed by atoms with E-state index in [-0.39, 0.29) is 0 Å². The Kier molecular flexibility index (Phi) is 3.48. The lowest BCUT2D eigenvalue weighted by Gasteiger charge is -1.99. The summed E-state index contributed by atoms with van der Waals surface area (Å²) in [7, 11) is 0. The second-order valence-corrected chi connectivity index (χ2v) is 6.11. The number of anilines is 1. The number of nitrogens with zero attached hydrogens (tertiary/aromatic N) is 1. The average molecular weight is 334 g/mol. The Hall–Kier alpha value is -1.46. The van der Waals surface area contributed by atoms with Crippen LogP contribution in [0.3, 0.4) is 0 Å². The number of aromatic nitrogens is 2. The molecular weight excluding hydrogens is 322 g/mol. The first-order chi connectivity index (χ1) is 9.20. The minimum Gasteiger partial charge on any atom is -0.399 e. The van der Waals surface area contributed by atoms with E-state index in [9.17, 15) is 0 Å². The number of nitrogens with one attached hydrogen (secondary N) is 1. The molecule has 0 unspecified atom stereocenters. The number of halogens is 1. The molecular formula is C14H12BrN3S. The average Bonchev–Trinajstić information content (AvgIpc) is 2.80. The van der Waals surface area contributed by atoms with Crippen LogP contribution in [0.5, 0.6) is 0 Å². The number of H-pyrrole nitrogens is 1. The van der Waals surface area contributed by atoms with Gasteiger partial charge in [-0.3, -0.25) is 0 Å². The largest absolute Gasteiger partial charge is 0.399 e. The number of fused-ring (bicyclic) bond motifs is 1. The van der Waals surface area contributed by atoms with E-state index in [1.807, 2.05) is 18.2 Å². The molecule has 0 atom stereocenters. The summed E-state index contributed by atoms with van der Waals surface area (Å²) in [5.74, 6) is 0.891. The highest BCUT2D eigenvalue weighted by molar-refractivity contribution is 9.10. The zero-order valence-electron chi connectivity index (χ0n) is 10.1. The molecule has 1 heterocycles. The molecule has 0 saturated carbocycles. The number of nitrogen functional groups attached to an aromatic ring is 1. The van der Waals surface area contributed by atoms with Crippen LogP contribution in [0.25, 0.3) is 11.0 Å². The highest BCUT2D eigenvalue weighted by atomic mass is 79.9. The molecule has 0 aliphatic carbocycles. The van der Waals surface area contributed by atoms with E-state index in [0.29, 0.717) is 0 Å². The summed E-state index contributed by atoms with van der Waals surface area (Å²) in [5, 5.41) is 0.920. The number of thioether (sulfide) groups is 1. The van der Waals surface area contributed by atoms with Crippen LogP contribution in [0.2, 0.25) is 0 Å². The Morgan fingerprint density at radius 1 is 1.16 bits per heavy atom. The summed E-state index contributed by atoms with van der Waals surface area (Å²) in [6, 6.07) is 14.0. The summed E-state index contributed by atoms with van der Waals surface area (Å²) in [6.45, 7) is 0. The van der Waals surface area contributed by atoms with Crippen LogP contribution >= 0.6 is 27.7 Å². The van der Waals surface area contributed by atoms with Gasteiger partial charge in [0.1, 0.15) is 0 Å². The molecule has 0 amide bonds. The number of hydrogen-bond donors (Lipinski definition) is 2. The topological polar surface area (TPSA) is 54.7 Å². The van der Waals surface area contributed by atoms with Gasteiger partial charge in [0.25, 0.3) is 0 Å². The zero-order chi connectivity index (χ0) is 13.2. The fourth-order valence-electron chi connectivity index (χ4n) is 1.80. The summed E-state index contributed by atoms with van der Waals surface area (Å²) in [6.07, 6.45) is 0. The second kappa shape index (κ2) is 5.27. The highest BCUT2D eigenvalue weighted by Crippen LogP contribution is 2.24. The van der Waals surface area contributed by atoms with Crippen molar-refractivity contribution >= 4 is 44.4 Å². The van der Waals surface area contributed by atoms with Crippen molar-refractivity contribution in [2.75, 3.05) is 5.73 Å². The molecule has 0 radical (unpaired) electrons. The van der Waals surface area contributed by atoms with Crippen molar-refractivity contribution in [1.82, 2.24) is 9.97 Å². The van der Waals surface area contributed by atoms with Crippen molar-refractivity contribution in [2.45, 2.75) is 10.9 Å². The predicted molar refractivity (Wildman–Crippen MR) is 84.2 cm³/mol. The van der Waals surface area contributed by atoms with Gasteiger partial charge in [0.15, 0.2) is 5.16 Å². The Morgan fingerprint density at radius 2 is 1.95 bits per heavy atom. The van der Waals surface area contributed by atoms with Gasteiger partial charge in [-0.15, -0.1) is 0 Å². The SMILES string of the molecule is Nc1ccc2nc(SCc3ccc(Br)cc3)[nH]c2c1. The van der Waals surface area contributed by atoms with E-state index < -0.39 is 0 Å². The quantitative estimate of drug-likeness (QED) is 0.557. The van der Waals surface area contributed by atoms with Gasteiger partial charge in [0, 0.05) is 15.9 Å². The van der Waals surface area contributed by atoms with Crippen LogP contribution in [0.4, 0.5) is 5.69 Å². The monoisotopic (exact) mass is 333 g/mol. The molecule has 3 N–H and O–H groups in total. The third-order valence-corrected chi connectivity index (χ3v) is 4.25. The lowest BCUT2D eigenvalue weighted by Crippen LogP contribution is -1.82. The molecule has 0 spiro atoms. The summed E-state index contributed by atoms with van der Waals surface area (Å²) in [5.41, 5.74) is 9.71. The van der Waals surface area contributed by atoms with Crippen molar-refractivity contribution in [3.8, 4) is 0 Å². The minimum atomic E-state index is 0.751. The van der Waals surface area contributed by atoms with E-state index in [1.165, 1.54) is 5.56 Å². The molecule has 19 heavy (non-hydrogen) atoms. The van der Waals surface area contributed by atoms with E-state index >= 15 is 0 Å². The number of rotatable bonds is 3. The molecule has 3 aromatic rings. The van der Waals surface area contributed by atoms with Crippen LogP contribution in [-0.2, 0) is 5.75 Å². The van der Waals surface area contributed by atoms with Crippen LogP contribution < -0.4 is 5.73 Å². The van der Waals surface area contributed by atoms with Gasteiger partial charge in [-0.1, -0.05) is 39.8 Å². The number of hydrogen-bond acceptors (Lipinski definition) is 3. The van der Waals surface area contributed by atoms with Gasteiger partial charge >= 0.3 is 0 Å². The van der Waals surface area contributed by atoms with E-state index in [2.05, 4.69) is 50.2 Å². The van der Waals surface area contributed by atoms with Crippen molar-refractivity contribution < 1.29 is 0 Å². The van der Waals surface area contributed by atoms with E-state index in [4.69, 9.17) is 5.73 Å². The molecule has 3 nitrogen and oxygen atoms in total. The third-order valence-electron chi connectivity index (χ3n) is 2.77. The molecule has 0 aliphatic rings. The van der Waals surface area contributed by atoms with Gasteiger partial charge in [0.05, 0.1) is 11.0 Å². The first-order valence-electron chi connectivity index (χ1n) is 5.83. The minimum absolute atomic E-state index is 0.751. The zero-order valence-corrected chi connectivity index (χ0v) is 12.5. The molecule has 0 aliphatic heterocycles. The molecule has 2 aromatic carbocycles. The lowest BCUT2D eigenvalue weighted by molar-refractivity contribution is 1.08. The first-order valence-corrected chi connectivity index (χ1v) is 7.61. The van der Waals surface area contributed by atoms with E-state index in [1.54, 1.807) is 11.8 Å².